The molecule has 0 aromatic heterocycles. The number of nitrogens with zero attached hydrogens (tertiary/aromatic N) is 1. The smallest absolute Gasteiger partial charge is 0.284 e. The molecular formula is C11H11F3N2. The molecule has 1 aromatic carbocycles. The zero-order valence-electron chi connectivity index (χ0n) is 8.67. The minimum absolute atomic E-state index is 0.241. The highest BCUT2D eigenvalue weighted by atomic mass is 19.4. The van der Waals surface area contributed by atoms with Crippen molar-refractivity contribution >= 4 is 5.71 Å². The van der Waals surface area contributed by atoms with Crippen LogP contribution in [0.15, 0.2) is 35.3 Å². The molecule has 0 saturated carbocycles. The first kappa shape index (κ1) is 11.1. The summed E-state index contributed by atoms with van der Waals surface area (Å²) in [6, 6.07) is 8.90. The molecule has 0 radical (unpaired) electrons. The Labute approximate surface area is 91.2 Å². The predicted octanol–water partition coefficient (Wildman–Crippen LogP) is 2.47. The second-order valence-corrected chi connectivity index (χ2v) is 3.85. The Balaban J connectivity index is 2.34. The van der Waals surface area contributed by atoms with E-state index in [9.17, 15) is 13.2 Å². The second kappa shape index (κ2) is 3.59. The minimum atomic E-state index is -4.35. The summed E-state index contributed by atoms with van der Waals surface area (Å²) in [5, 5.41) is 2.78. The number of alkyl halides is 3. The lowest BCUT2D eigenvalue weighted by atomic mass is 10.0. The largest absolute Gasteiger partial charge is 0.430 e. The lowest BCUT2D eigenvalue weighted by Crippen LogP contribution is -2.34. The Kier molecular flexibility index (Phi) is 2.50. The number of aliphatic imine (C=N–C) groups is 1. The number of benzene rings is 1. The number of hydrogen-bond donors (Lipinski definition) is 1. The lowest BCUT2D eigenvalue weighted by Gasteiger charge is -2.21. The number of hydrogen-bond acceptors (Lipinski definition) is 2. The van der Waals surface area contributed by atoms with Crippen LogP contribution in [0.3, 0.4) is 0 Å². The molecule has 0 bridgehead atoms. The average molecular weight is 228 g/mol. The Hall–Kier alpha value is -1.36. The summed E-state index contributed by atoms with van der Waals surface area (Å²) < 4.78 is 37.3. The van der Waals surface area contributed by atoms with Crippen LogP contribution in [-0.4, -0.2) is 18.4 Å². The van der Waals surface area contributed by atoms with E-state index in [1.807, 2.05) is 6.07 Å². The van der Waals surface area contributed by atoms with Crippen LogP contribution in [0.25, 0.3) is 0 Å². The Morgan fingerprint density at radius 3 is 2.38 bits per heavy atom. The maximum absolute atomic E-state index is 12.4. The van der Waals surface area contributed by atoms with Crippen molar-refractivity contribution in [2.45, 2.75) is 18.8 Å². The zero-order valence-corrected chi connectivity index (χ0v) is 8.67. The Bertz CT molecular complexity index is 411. The molecule has 1 N–H and O–H groups in total. The van der Waals surface area contributed by atoms with Crippen LogP contribution >= 0.6 is 0 Å². The van der Waals surface area contributed by atoms with Gasteiger partial charge in [0.05, 0.1) is 0 Å². The quantitative estimate of drug-likeness (QED) is 0.784. The molecule has 0 saturated heterocycles. The van der Waals surface area contributed by atoms with Gasteiger partial charge in [-0.05, 0) is 12.5 Å². The van der Waals surface area contributed by atoms with Crippen molar-refractivity contribution in [3.63, 3.8) is 0 Å². The van der Waals surface area contributed by atoms with Crippen LogP contribution in [0.1, 0.15) is 12.5 Å². The molecule has 2 nitrogen and oxygen atoms in total. The molecule has 2 rings (SSSR count). The van der Waals surface area contributed by atoms with Crippen molar-refractivity contribution < 1.29 is 13.2 Å². The van der Waals surface area contributed by atoms with Gasteiger partial charge in [-0.3, -0.25) is 10.3 Å². The molecule has 0 amide bonds. The van der Waals surface area contributed by atoms with Gasteiger partial charge < -0.3 is 0 Å². The highest BCUT2D eigenvalue weighted by Gasteiger charge is 2.43. The van der Waals surface area contributed by atoms with E-state index in [1.54, 1.807) is 31.2 Å². The summed E-state index contributed by atoms with van der Waals surface area (Å²) >= 11 is 0. The molecule has 0 fully saturated rings. The van der Waals surface area contributed by atoms with Crippen LogP contribution in [0, 0.1) is 0 Å². The molecule has 1 aromatic rings. The first-order chi connectivity index (χ1) is 7.42. The van der Waals surface area contributed by atoms with Crippen LogP contribution in [0.2, 0.25) is 0 Å². The third-order valence-electron chi connectivity index (χ3n) is 2.62. The van der Waals surface area contributed by atoms with Gasteiger partial charge >= 0.3 is 6.18 Å². The van der Waals surface area contributed by atoms with E-state index < -0.39 is 17.6 Å². The molecule has 5 heteroatoms. The van der Waals surface area contributed by atoms with Gasteiger partial charge in [-0.25, -0.2) is 0 Å². The zero-order chi connectivity index (χ0) is 11.8. The SMILES string of the molecule is CC1(c2ccccc2)N=C(C(F)(F)F)CN1. The molecule has 16 heavy (non-hydrogen) atoms. The van der Waals surface area contributed by atoms with Gasteiger partial charge in [0.1, 0.15) is 11.4 Å². The van der Waals surface area contributed by atoms with E-state index in [4.69, 9.17) is 0 Å². The standard InChI is InChI=1S/C11H11F3N2/c1-10(8-5-3-2-4-6-8)15-7-9(16-10)11(12,13)14/h2-6,15H,7H2,1H3. The maximum atomic E-state index is 12.4. The van der Waals surface area contributed by atoms with Gasteiger partial charge in [-0.2, -0.15) is 13.2 Å². The summed E-state index contributed by atoms with van der Waals surface area (Å²) in [5.74, 6) is 0. The lowest BCUT2D eigenvalue weighted by molar-refractivity contribution is -0.0593. The van der Waals surface area contributed by atoms with Gasteiger partial charge in [0.2, 0.25) is 0 Å². The highest BCUT2D eigenvalue weighted by Crippen LogP contribution is 2.30. The van der Waals surface area contributed by atoms with Gasteiger partial charge in [-0.15, -0.1) is 0 Å². The molecule has 0 spiro atoms. The maximum Gasteiger partial charge on any atom is 0.430 e. The molecular weight excluding hydrogens is 217 g/mol. The van der Waals surface area contributed by atoms with Gasteiger partial charge in [0, 0.05) is 6.54 Å². The fraction of sp³-hybridized carbons (Fsp3) is 0.364. The number of nitrogens with one attached hydrogen (secondary N) is 1. The molecule has 1 unspecified atom stereocenters. The third kappa shape index (κ3) is 1.95. The second-order valence-electron chi connectivity index (χ2n) is 3.85. The van der Waals surface area contributed by atoms with Crippen LogP contribution in [0.4, 0.5) is 13.2 Å². The molecule has 1 aliphatic rings. The van der Waals surface area contributed by atoms with Crippen molar-refractivity contribution in [3.8, 4) is 0 Å². The average Bonchev–Trinajstić information content (AvgIpc) is 2.63. The van der Waals surface area contributed by atoms with Crippen LogP contribution in [0.5, 0.6) is 0 Å². The van der Waals surface area contributed by atoms with Crippen molar-refractivity contribution in [1.29, 1.82) is 0 Å². The van der Waals surface area contributed by atoms with Gasteiger partial charge in [-0.1, -0.05) is 30.3 Å². The summed E-state index contributed by atoms with van der Waals surface area (Å²) in [4.78, 5) is 3.74. The van der Waals surface area contributed by atoms with Gasteiger partial charge in [0.25, 0.3) is 0 Å². The van der Waals surface area contributed by atoms with Crippen molar-refractivity contribution in [2.24, 2.45) is 4.99 Å². The minimum Gasteiger partial charge on any atom is -0.284 e. The fourth-order valence-electron chi connectivity index (χ4n) is 1.70. The van der Waals surface area contributed by atoms with E-state index in [2.05, 4.69) is 10.3 Å². The van der Waals surface area contributed by atoms with Crippen LogP contribution in [-0.2, 0) is 5.66 Å². The summed E-state index contributed by atoms with van der Waals surface area (Å²) in [6.45, 7) is 1.40. The summed E-state index contributed by atoms with van der Waals surface area (Å²) in [5.41, 5.74) is -0.986. The Morgan fingerprint density at radius 1 is 1.25 bits per heavy atom. The van der Waals surface area contributed by atoms with E-state index in [-0.39, 0.29) is 6.54 Å². The molecule has 86 valence electrons. The topological polar surface area (TPSA) is 24.4 Å². The predicted molar refractivity (Wildman–Crippen MR) is 55.3 cm³/mol. The van der Waals surface area contributed by atoms with Crippen LogP contribution < -0.4 is 5.32 Å². The molecule has 0 aliphatic carbocycles. The van der Waals surface area contributed by atoms with E-state index in [1.165, 1.54) is 0 Å². The van der Waals surface area contributed by atoms with E-state index >= 15 is 0 Å². The third-order valence-corrected chi connectivity index (χ3v) is 2.62. The first-order valence-corrected chi connectivity index (χ1v) is 4.88. The van der Waals surface area contributed by atoms with Crippen molar-refractivity contribution in [3.05, 3.63) is 35.9 Å². The Morgan fingerprint density at radius 2 is 1.88 bits per heavy atom. The summed E-state index contributed by atoms with van der Waals surface area (Å²) in [7, 11) is 0. The summed E-state index contributed by atoms with van der Waals surface area (Å²) in [6.07, 6.45) is -4.35. The van der Waals surface area contributed by atoms with Crippen molar-refractivity contribution in [1.82, 2.24) is 5.32 Å². The van der Waals surface area contributed by atoms with E-state index in [0.717, 1.165) is 5.56 Å². The molecule has 1 heterocycles. The molecule has 1 atom stereocenters. The van der Waals surface area contributed by atoms with Crippen molar-refractivity contribution in [2.75, 3.05) is 6.54 Å². The monoisotopic (exact) mass is 228 g/mol. The van der Waals surface area contributed by atoms with E-state index in [0.29, 0.717) is 0 Å². The normalized spacial score (nSPS) is 25.6. The fourth-order valence-corrected chi connectivity index (χ4v) is 1.70. The number of rotatable bonds is 1. The number of halogens is 3. The van der Waals surface area contributed by atoms with Gasteiger partial charge in [0.15, 0.2) is 0 Å². The highest BCUT2D eigenvalue weighted by molar-refractivity contribution is 5.93. The first-order valence-electron chi connectivity index (χ1n) is 4.88. The molecule has 1 aliphatic heterocycles.